The number of nitrogens with one attached hydrogen (secondary N) is 1. The van der Waals surface area contributed by atoms with E-state index >= 15 is 0 Å². The first-order valence-electron chi connectivity index (χ1n) is 3.91. The third-order valence-electron chi connectivity index (χ3n) is 1.12. The van der Waals surface area contributed by atoms with Gasteiger partial charge in [0.1, 0.15) is 6.61 Å². The second kappa shape index (κ2) is 6.25. The number of rotatable bonds is 6. The maximum atomic E-state index is 11.5. The van der Waals surface area contributed by atoms with Crippen molar-refractivity contribution in [2.75, 3.05) is 26.3 Å². The van der Waals surface area contributed by atoms with Gasteiger partial charge in [0.15, 0.2) is 0 Å². The molecule has 0 aliphatic rings. The lowest BCUT2D eigenvalue weighted by molar-refractivity contribution is -0.173. The van der Waals surface area contributed by atoms with E-state index < -0.39 is 12.8 Å². The van der Waals surface area contributed by atoms with Crippen LogP contribution in [0.25, 0.3) is 0 Å². The normalized spacial score (nSPS) is 12.0. The second-order valence-electron chi connectivity index (χ2n) is 2.42. The van der Waals surface area contributed by atoms with Gasteiger partial charge in [0.25, 0.3) is 0 Å². The third kappa shape index (κ3) is 9.71. The Labute approximate surface area is 70.1 Å². The van der Waals surface area contributed by atoms with Gasteiger partial charge in [0.2, 0.25) is 0 Å². The molecule has 0 bridgehead atoms. The predicted octanol–water partition coefficient (Wildman–Crippen LogP) is 1.56. The van der Waals surface area contributed by atoms with Crippen molar-refractivity contribution in [3.8, 4) is 0 Å². The van der Waals surface area contributed by atoms with Gasteiger partial charge in [-0.3, -0.25) is 0 Å². The SMILES string of the molecule is CCCNCCOCC(F)(F)F. The van der Waals surface area contributed by atoms with Gasteiger partial charge in [-0.2, -0.15) is 13.2 Å². The van der Waals surface area contributed by atoms with Gasteiger partial charge >= 0.3 is 6.18 Å². The molecule has 2 nitrogen and oxygen atoms in total. The minimum absolute atomic E-state index is 0.111. The molecule has 74 valence electrons. The summed E-state index contributed by atoms with van der Waals surface area (Å²) in [5.41, 5.74) is 0. The minimum Gasteiger partial charge on any atom is -0.371 e. The van der Waals surface area contributed by atoms with E-state index in [9.17, 15) is 13.2 Å². The molecule has 0 saturated heterocycles. The summed E-state index contributed by atoms with van der Waals surface area (Å²) in [5.74, 6) is 0. The van der Waals surface area contributed by atoms with Crippen molar-refractivity contribution in [3.05, 3.63) is 0 Å². The average Bonchev–Trinajstić information content (AvgIpc) is 1.94. The van der Waals surface area contributed by atoms with E-state index in [4.69, 9.17) is 0 Å². The maximum Gasteiger partial charge on any atom is 0.411 e. The van der Waals surface area contributed by atoms with Gasteiger partial charge in [0.05, 0.1) is 6.61 Å². The lowest BCUT2D eigenvalue weighted by Crippen LogP contribution is -2.24. The Morgan fingerprint density at radius 3 is 2.42 bits per heavy atom. The van der Waals surface area contributed by atoms with Crippen LogP contribution in [-0.4, -0.2) is 32.5 Å². The summed E-state index contributed by atoms with van der Waals surface area (Å²) in [7, 11) is 0. The number of hydrogen-bond acceptors (Lipinski definition) is 2. The average molecular weight is 185 g/mol. The topological polar surface area (TPSA) is 21.3 Å². The van der Waals surface area contributed by atoms with Gasteiger partial charge in [-0.1, -0.05) is 6.92 Å². The number of halogens is 3. The van der Waals surface area contributed by atoms with Crippen molar-refractivity contribution >= 4 is 0 Å². The number of ether oxygens (including phenoxy) is 1. The Kier molecular flexibility index (Phi) is 6.10. The molecule has 0 spiro atoms. The van der Waals surface area contributed by atoms with Crippen LogP contribution in [-0.2, 0) is 4.74 Å². The standard InChI is InChI=1S/C7H14F3NO/c1-2-3-11-4-5-12-6-7(8,9)10/h11H,2-6H2,1H3. The van der Waals surface area contributed by atoms with Crippen molar-refractivity contribution in [1.82, 2.24) is 5.32 Å². The number of alkyl halides is 3. The van der Waals surface area contributed by atoms with Crippen molar-refractivity contribution in [1.29, 1.82) is 0 Å². The summed E-state index contributed by atoms with van der Waals surface area (Å²) in [6, 6.07) is 0. The Hall–Kier alpha value is -0.290. The molecule has 0 aliphatic heterocycles. The van der Waals surface area contributed by atoms with E-state index in [1.807, 2.05) is 6.92 Å². The van der Waals surface area contributed by atoms with Gasteiger partial charge < -0.3 is 10.1 Å². The van der Waals surface area contributed by atoms with Gasteiger partial charge in [0, 0.05) is 6.54 Å². The first-order valence-corrected chi connectivity index (χ1v) is 3.91. The van der Waals surface area contributed by atoms with Crippen LogP contribution in [0.3, 0.4) is 0 Å². The van der Waals surface area contributed by atoms with Crippen LogP contribution in [0.15, 0.2) is 0 Å². The fourth-order valence-electron chi connectivity index (χ4n) is 0.634. The zero-order chi connectivity index (χ0) is 9.45. The van der Waals surface area contributed by atoms with Crippen molar-refractivity contribution in [2.45, 2.75) is 19.5 Å². The third-order valence-corrected chi connectivity index (χ3v) is 1.12. The molecule has 0 amide bonds. The molecule has 12 heavy (non-hydrogen) atoms. The summed E-state index contributed by atoms with van der Waals surface area (Å²) < 4.78 is 38.8. The van der Waals surface area contributed by atoms with Crippen molar-refractivity contribution in [2.24, 2.45) is 0 Å². The first-order chi connectivity index (χ1) is 5.56. The van der Waals surface area contributed by atoms with Crippen LogP contribution >= 0.6 is 0 Å². The highest BCUT2D eigenvalue weighted by Crippen LogP contribution is 2.13. The van der Waals surface area contributed by atoms with Crippen LogP contribution in [0.2, 0.25) is 0 Å². The summed E-state index contributed by atoms with van der Waals surface area (Å²) in [6.07, 6.45) is -3.23. The van der Waals surface area contributed by atoms with E-state index in [1.165, 1.54) is 0 Å². The molecule has 0 unspecified atom stereocenters. The Morgan fingerprint density at radius 1 is 1.25 bits per heavy atom. The van der Waals surface area contributed by atoms with Gasteiger partial charge in [-0.15, -0.1) is 0 Å². The van der Waals surface area contributed by atoms with Crippen LogP contribution in [0, 0.1) is 0 Å². The Morgan fingerprint density at radius 2 is 1.92 bits per heavy atom. The molecule has 1 N–H and O–H groups in total. The van der Waals surface area contributed by atoms with E-state index in [0.29, 0.717) is 6.54 Å². The lowest BCUT2D eigenvalue weighted by atomic mass is 10.5. The van der Waals surface area contributed by atoms with Crippen LogP contribution < -0.4 is 5.32 Å². The number of hydrogen-bond donors (Lipinski definition) is 1. The molecule has 0 aromatic rings. The summed E-state index contributed by atoms with van der Waals surface area (Å²) in [6.45, 7) is 2.24. The highest BCUT2D eigenvalue weighted by atomic mass is 19.4. The first kappa shape index (κ1) is 11.7. The minimum atomic E-state index is -4.20. The largest absolute Gasteiger partial charge is 0.411 e. The molecule has 0 aromatic carbocycles. The van der Waals surface area contributed by atoms with Gasteiger partial charge in [-0.25, -0.2) is 0 Å². The van der Waals surface area contributed by atoms with E-state index in [-0.39, 0.29) is 6.61 Å². The van der Waals surface area contributed by atoms with Crippen molar-refractivity contribution < 1.29 is 17.9 Å². The zero-order valence-electron chi connectivity index (χ0n) is 7.08. The highest BCUT2D eigenvalue weighted by molar-refractivity contribution is 4.47. The molecule has 0 aromatic heterocycles. The fourth-order valence-corrected chi connectivity index (χ4v) is 0.634. The smallest absolute Gasteiger partial charge is 0.371 e. The quantitative estimate of drug-likeness (QED) is 0.634. The summed E-state index contributed by atoms with van der Waals surface area (Å²) in [5, 5.41) is 2.93. The molecule has 0 atom stereocenters. The summed E-state index contributed by atoms with van der Waals surface area (Å²) in [4.78, 5) is 0. The summed E-state index contributed by atoms with van der Waals surface area (Å²) >= 11 is 0. The van der Waals surface area contributed by atoms with E-state index in [0.717, 1.165) is 13.0 Å². The monoisotopic (exact) mass is 185 g/mol. The molecule has 0 rings (SSSR count). The molecule has 0 radical (unpaired) electrons. The molecule has 0 aliphatic carbocycles. The van der Waals surface area contributed by atoms with Crippen LogP contribution in [0.5, 0.6) is 0 Å². The Balaban J connectivity index is 3.01. The van der Waals surface area contributed by atoms with Gasteiger partial charge in [-0.05, 0) is 13.0 Å². The predicted molar refractivity (Wildman–Crippen MR) is 40.0 cm³/mol. The molecule has 0 fully saturated rings. The lowest BCUT2D eigenvalue weighted by Gasteiger charge is -2.07. The molecular formula is C7H14F3NO. The molecule has 5 heteroatoms. The van der Waals surface area contributed by atoms with Crippen molar-refractivity contribution in [3.63, 3.8) is 0 Å². The Bertz CT molecular complexity index is 105. The fraction of sp³-hybridized carbons (Fsp3) is 1.00. The van der Waals surface area contributed by atoms with Crippen LogP contribution in [0.4, 0.5) is 13.2 Å². The van der Waals surface area contributed by atoms with E-state index in [1.54, 1.807) is 0 Å². The highest BCUT2D eigenvalue weighted by Gasteiger charge is 2.26. The molecule has 0 saturated carbocycles. The van der Waals surface area contributed by atoms with E-state index in [2.05, 4.69) is 10.1 Å². The zero-order valence-corrected chi connectivity index (χ0v) is 7.08. The second-order valence-corrected chi connectivity index (χ2v) is 2.42. The maximum absolute atomic E-state index is 11.5. The molecule has 0 heterocycles. The van der Waals surface area contributed by atoms with Crippen LogP contribution in [0.1, 0.15) is 13.3 Å². The molecular weight excluding hydrogens is 171 g/mol.